The molecule has 0 radical (unpaired) electrons. The Hall–Kier alpha value is -9.18. The summed E-state index contributed by atoms with van der Waals surface area (Å²) in [6, 6.07) is 96.1. The summed E-state index contributed by atoms with van der Waals surface area (Å²) in [5.74, 6) is 0. The van der Waals surface area contributed by atoms with Crippen molar-refractivity contribution in [2.45, 2.75) is 0 Å². The van der Waals surface area contributed by atoms with E-state index in [0.29, 0.717) is 0 Å². The van der Waals surface area contributed by atoms with Crippen LogP contribution in [0.5, 0.6) is 0 Å². The SMILES string of the molecule is c1ccc(-c2ccccc2-c2ccccc2-c2ccccc2N(c2ccc(-c3ccc(-n4c5ccccc5c5ccccc54)cc3)cc2)c2ccc(-c3cccc4oc5ccccc5c34)cc2)cc1. The molecule has 0 saturated carbocycles. The Kier molecular flexibility index (Phi) is 9.84. The summed E-state index contributed by atoms with van der Waals surface area (Å²) < 4.78 is 8.68. The first-order valence-corrected chi connectivity index (χ1v) is 23.6. The van der Waals surface area contributed by atoms with Crippen LogP contribution >= 0.6 is 0 Å². The second-order valence-electron chi connectivity index (χ2n) is 17.6. The van der Waals surface area contributed by atoms with Crippen LogP contribution in [0.3, 0.4) is 0 Å². The minimum absolute atomic E-state index is 0.891. The van der Waals surface area contributed by atoms with Gasteiger partial charge >= 0.3 is 0 Å². The van der Waals surface area contributed by atoms with Gasteiger partial charge in [0.2, 0.25) is 0 Å². The third-order valence-electron chi connectivity index (χ3n) is 13.7. The number of fused-ring (bicyclic) bond motifs is 6. The molecule has 2 aromatic heterocycles. The van der Waals surface area contributed by atoms with E-state index in [1.807, 2.05) is 12.1 Å². The molecule has 3 nitrogen and oxygen atoms in total. The Morgan fingerprint density at radius 3 is 1.36 bits per heavy atom. The van der Waals surface area contributed by atoms with Crippen LogP contribution < -0.4 is 4.90 Å². The maximum Gasteiger partial charge on any atom is 0.136 e. The quantitative estimate of drug-likeness (QED) is 0.144. The maximum atomic E-state index is 6.31. The fraction of sp³-hybridized carbons (Fsp3) is 0. The molecule has 0 N–H and O–H groups in total. The number of furan rings is 1. The Balaban J connectivity index is 0.925. The molecule has 0 fully saturated rings. The smallest absolute Gasteiger partial charge is 0.136 e. The van der Waals surface area contributed by atoms with E-state index in [2.05, 4.69) is 264 Å². The van der Waals surface area contributed by atoms with Crippen LogP contribution in [0.15, 0.2) is 271 Å². The molecule has 0 amide bonds. The van der Waals surface area contributed by atoms with Crippen LogP contribution in [0.4, 0.5) is 17.1 Å². The van der Waals surface area contributed by atoms with E-state index in [1.165, 1.54) is 44.1 Å². The van der Waals surface area contributed by atoms with Crippen molar-refractivity contribution in [2.75, 3.05) is 4.90 Å². The molecule has 0 bridgehead atoms. The van der Waals surface area contributed by atoms with E-state index in [9.17, 15) is 0 Å². The first-order valence-electron chi connectivity index (χ1n) is 23.6. The van der Waals surface area contributed by atoms with Crippen LogP contribution in [0, 0.1) is 0 Å². The molecule has 13 aromatic rings. The average Bonchev–Trinajstić information content (AvgIpc) is 3.98. The highest BCUT2D eigenvalue weighted by molar-refractivity contribution is 6.13. The van der Waals surface area contributed by atoms with Gasteiger partial charge in [-0.15, -0.1) is 0 Å². The molecule has 0 saturated heterocycles. The largest absolute Gasteiger partial charge is 0.456 e. The lowest BCUT2D eigenvalue weighted by molar-refractivity contribution is 0.669. The molecule has 0 spiro atoms. The summed E-state index contributed by atoms with van der Waals surface area (Å²) in [7, 11) is 0. The highest BCUT2D eigenvalue weighted by atomic mass is 16.3. The monoisotopic (exact) mass is 880 g/mol. The zero-order valence-corrected chi connectivity index (χ0v) is 37.7. The van der Waals surface area contributed by atoms with Crippen LogP contribution in [0.25, 0.3) is 105 Å². The average molecular weight is 881 g/mol. The number of benzene rings is 11. The van der Waals surface area contributed by atoms with Gasteiger partial charge in [-0.25, -0.2) is 0 Å². The van der Waals surface area contributed by atoms with E-state index in [4.69, 9.17) is 4.42 Å². The predicted octanol–water partition coefficient (Wildman–Crippen LogP) is 18.5. The second-order valence-corrected chi connectivity index (χ2v) is 17.6. The Morgan fingerprint density at radius 2 is 0.710 bits per heavy atom. The van der Waals surface area contributed by atoms with Crippen molar-refractivity contribution in [3.8, 4) is 61.3 Å². The van der Waals surface area contributed by atoms with E-state index < -0.39 is 0 Å². The van der Waals surface area contributed by atoms with Crippen LogP contribution in [-0.4, -0.2) is 4.57 Å². The van der Waals surface area contributed by atoms with Gasteiger partial charge in [0, 0.05) is 44.2 Å². The van der Waals surface area contributed by atoms with Crippen molar-refractivity contribution in [3.63, 3.8) is 0 Å². The summed E-state index contributed by atoms with van der Waals surface area (Å²) in [5, 5.41) is 4.78. The van der Waals surface area contributed by atoms with E-state index in [1.54, 1.807) is 0 Å². The summed E-state index contributed by atoms with van der Waals surface area (Å²) >= 11 is 0. The Morgan fingerprint density at radius 1 is 0.275 bits per heavy atom. The first kappa shape index (κ1) is 40.1. The summed E-state index contributed by atoms with van der Waals surface area (Å²) in [4.78, 5) is 2.40. The van der Waals surface area contributed by atoms with Gasteiger partial charge in [0.05, 0.1) is 16.7 Å². The van der Waals surface area contributed by atoms with Crippen molar-refractivity contribution >= 4 is 60.8 Å². The Bertz CT molecular complexity index is 3940. The highest BCUT2D eigenvalue weighted by Gasteiger charge is 2.21. The zero-order chi connectivity index (χ0) is 45.7. The number of aromatic nitrogens is 1. The van der Waals surface area contributed by atoms with Gasteiger partial charge in [-0.3, -0.25) is 0 Å². The number of anilines is 3. The lowest BCUT2D eigenvalue weighted by Crippen LogP contribution is -2.11. The second kappa shape index (κ2) is 16.9. The van der Waals surface area contributed by atoms with E-state index in [0.717, 1.165) is 78.1 Å². The molecule has 0 atom stereocenters. The molecule has 11 aromatic carbocycles. The number of nitrogens with zero attached hydrogens (tertiary/aromatic N) is 2. The summed E-state index contributed by atoms with van der Waals surface area (Å²) in [5.41, 5.74) is 20.2. The molecule has 324 valence electrons. The third kappa shape index (κ3) is 6.99. The molecule has 0 aliphatic carbocycles. The molecular formula is C66H44N2O. The van der Waals surface area contributed by atoms with E-state index in [-0.39, 0.29) is 0 Å². The fourth-order valence-electron chi connectivity index (χ4n) is 10.5. The van der Waals surface area contributed by atoms with Gasteiger partial charge in [0.15, 0.2) is 0 Å². The number of para-hydroxylation sites is 4. The molecule has 3 heteroatoms. The normalized spacial score (nSPS) is 11.5. The summed E-state index contributed by atoms with van der Waals surface area (Å²) in [6.07, 6.45) is 0. The molecule has 2 heterocycles. The minimum Gasteiger partial charge on any atom is -0.456 e. The lowest BCUT2D eigenvalue weighted by atomic mass is 9.88. The minimum atomic E-state index is 0.891. The molecule has 0 aliphatic heterocycles. The van der Waals surface area contributed by atoms with E-state index >= 15 is 0 Å². The molecular weight excluding hydrogens is 837 g/mol. The van der Waals surface area contributed by atoms with Gasteiger partial charge < -0.3 is 13.9 Å². The van der Waals surface area contributed by atoms with Gasteiger partial charge in [0.25, 0.3) is 0 Å². The topological polar surface area (TPSA) is 21.3 Å². The maximum absolute atomic E-state index is 6.31. The zero-order valence-electron chi connectivity index (χ0n) is 37.7. The van der Waals surface area contributed by atoms with Crippen LogP contribution in [-0.2, 0) is 0 Å². The van der Waals surface area contributed by atoms with Crippen molar-refractivity contribution in [3.05, 3.63) is 267 Å². The molecule has 69 heavy (non-hydrogen) atoms. The van der Waals surface area contributed by atoms with Gasteiger partial charge in [-0.05, 0) is 117 Å². The number of hydrogen-bond donors (Lipinski definition) is 0. The standard InChI is InChI=1S/C66H44N2O/c1-2-17-47(18-3-1)52-19-4-5-20-54(52)55-21-6-7-22-56(55)57-23-8-12-28-61(57)67(50-43-37-48(38-44-50)53-27-16-32-65-66(53)60-26-11-15-31-64(60)69-65)49-39-33-45(34-40-49)46-35-41-51(42-36-46)68-62-29-13-9-24-58(62)59-25-10-14-30-63(59)68/h1-44H. The molecule has 0 aliphatic rings. The van der Waals surface area contributed by atoms with Gasteiger partial charge in [0.1, 0.15) is 11.2 Å². The number of hydrogen-bond acceptors (Lipinski definition) is 2. The van der Waals surface area contributed by atoms with Gasteiger partial charge in [-0.1, -0.05) is 200 Å². The Labute approximate surface area is 401 Å². The van der Waals surface area contributed by atoms with Crippen LogP contribution in [0.2, 0.25) is 0 Å². The van der Waals surface area contributed by atoms with Crippen molar-refractivity contribution in [1.82, 2.24) is 4.57 Å². The number of rotatable bonds is 9. The predicted molar refractivity (Wildman–Crippen MR) is 290 cm³/mol. The summed E-state index contributed by atoms with van der Waals surface area (Å²) in [6.45, 7) is 0. The molecule has 13 rings (SSSR count). The lowest BCUT2D eigenvalue weighted by Gasteiger charge is -2.29. The van der Waals surface area contributed by atoms with Crippen molar-refractivity contribution in [2.24, 2.45) is 0 Å². The third-order valence-corrected chi connectivity index (χ3v) is 13.7. The van der Waals surface area contributed by atoms with Gasteiger partial charge in [-0.2, -0.15) is 0 Å². The first-order chi connectivity index (χ1) is 34.2. The van der Waals surface area contributed by atoms with Crippen molar-refractivity contribution < 1.29 is 4.42 Å². The van der Waals surface area contributed by atoms with Crippen LogP contribution in [0.1, 0.15) is 0 Å². The van der Waals surface area contributed by atoms with Crippen molar-refractivity contribution in [1.29, 1.82) is 0 Å². The highest BCUT2D eigenvalue weighted by Crippen LogP contribution is 2.46. The molecule has 0 unspecified atom stereocenters. The fourth-order valence-corrected chi connectivity index (χ4v) is 10.5.